The fraction of sp³-hybridized carbons (Fsp3) is 0.125. The van der Waals surface area contributed by atoms with Crippen molar-refractivity contribution >= 4 is 18.0 Å². The van der Waals surface area contributed by atoms with Gasteiger partial charge < -0.3 is 15.4 Å². The highest BCUT2D eigenvalue weighted by Crippen LogP contribution is 2.22. The first-order valence-corrected chi connectivity index (χ1v) is 6.40. The molecule has 0 saturated carbocycles. The number of nitrogens with two attached hydrogens (primary N) is 1. The third kappa shape index (κ3) is 3.02. The van der Waals surface area contributed by atoms with Crippen molar-refractivity contribution in [2.45, 2.75) is 13.8 Å². The van der Waals surface area contributed by atoms with Gasteiger partial charge in [-0.05, 0) is 49.8 Å². The van der Waals surface area contributed by atoms with Crippen LogP contribution in [0.1, 0.15) is 27.3 Å². The summed E-state index contributed by atoms with van der Waals surface area (Å²) in [6, 6.07) is 8.63. The molecule has 0 aliphatic carbocycles. The number of aromatic nitrogens is 1. The number of rotatable bonds is 4. The number of carbonyl (C=O) groups is 2. The van der Waals surface area contributed by atoms with Crippen molar-refractivity contribution in [1.29, 1.82) is 0 Å². The molecule has 0 aliphatic heterocycles. The Morgan fingerprint density at radius 2 is 1.95 bits per heavy atom. The summed E-state index contributed by atoms with van der Waals surface area (Å²) in [6.45, 7) is 3.82. The lowest BCUT2D eigenvalue weighted by atomic mass is 10.2. The molecule has 108 valence electrons. The Hall–Kier alpha value is -2.82. The first-order valence-electron chi connectivity index (χ1n) is 6.40. The minimum absolute atomic E-state index is 0.231. The highest BCUT2D eigenvalue weighted by molar-refractivity contribution is 5.90. The molecule has 5 nitrogen and oxygen atoms in total. The summed E-state index contributed by atoms with van der Waals surface area (Å²) in [7, 11) is 0. The van der Waals surface area contributed by atoms with E-state index in [-0.39, 0.29) is 5.56 Å². The fourth-order valence-corrected chi connectivity index (χ4v) is 2.30. The number of carboxylic acids is 1. The predicted octanol–water partition coefficient (Wildman–Crippen LogP) is 2.29. The molecular weight excluding hydrogens is 268 g/mol. The smallest absolute Gasteiger partial charge is 0.335 e. The summed E-state index contributed by atoms with van der Waals surface area (Å²) in [4.78, 5) is 21.9. The summed E-state index contributed by atoms with van der Waals surface area (Å²) in [5.74, 6) is -1.47. The van der Waals surface area contributed by atoms with Crippen molar-refractivity contribution < 1.29 is 14.7 Å². The van der Waals surface area contributed by atoms with Crippen LogP contribution in [0.15, 0.2) is 36.4 Å². The van der Waals surface area contributed by atoms with E-state index < -0.39 is 11.9 Å². The van der Waals surface area contributed by atoms with Gasteiger partial charge in [-0.25, -0.2) is 4.79 Å². The van der Waals surface area contributed by atoms with Crippen LogP contribution in [0.5, 0.6) is 0 Å². The van der Waals surface area contributed by atoms with Gasteiger partial charge in [-0.15, -0.1) is 0 Å². The zero-order valence-corrected chi connectivity index (χ0v) is 11.8. The lowest BCUT2D eigenvalue weighted by Crippen LogP contribution is -2.05. The van der Waals surface area contributed by atoms with Gasteiger partial charge in [0.15, 0.2) is 0 Å². The van der Waals surface area contributed by atoms with Crippen molar-refractivity contribution in [1.82, 2.24) is 4.57 Å². The van der Waals surface area contributed by atoms with Gasteiger partial charge in [-0.1, -0.05) is 6.07 Å². The summed E-state index contributed by atoms with van der Waals surface area (Å²) in [5.41, 5.74) is 8.82. The van der Waals surface area contributed by atoms with E-state index in [1.54, 1.807) is 24.3 Å². The van der Waals surface area contributed by atoms with Gasteiger partial charge >= 0.3 is 5.97 Å². The lowest BCUT2D eigenvalue weighted by Gasteiger charge is -2.10. The molecule has 0 aliphatic rings. The van der Waals surface area contributed by atoms with Crippen LogP contribution < -0.4 is 5.73 Å². The number of amides is 1. The molecule has 0 spiro atoms. The third-order valence-corrected chi connectivity index (χ3v) is 3.25. The Morgan fingerprint density at radius 1 is 1.24 bits per heavy atom. The number of benzene rings is 1. The normalized spacial score (nSPS) is 11.0. The Morgan fingerprint density at radius 3 is 2.57 bits per heavy atom. The van der Waals surface area contributed by atoms with E-state index in [4.69, 9.17) is 10.8 Å². The summed E-state index contributed by atoms with van der Waals surface area (Å²) in [6.07, 6.45) is 2.96. The maximum atomic E-state index is 11.1. The highest BCUT2D eigenvalue weighted by Gasteiger charge is 2.11. The van der Waals surface area contributed by atoms with E-state index in [1.807, 2.05) is 30.5 Å². The highest BCUT2D eigenvalue weighted by atomic mass is 16.4. The molecule has 1 aromatic heterocycles. The van der Waals surface area contributed by atoms with Crippen LogP contribution in [0.25, 0.3) is 11.8 Å². The van der Waals surface area contributed by atoms with Gasteiger partial charge in [-0.2, -0.15) is 0 Å². The molecule has 1 heterocycles. The second-order valence-electron chi connectivity index (χ2n) is 4.75. The van der Waals surface area contributed by atoms with Crippen molar-refractivity contribution in [2.24, 2.45) is 5.73 Å². The molecule has 2 rings (SSSR count). The Balaban J connectivity index is 2.52. The average Bonchev–Trinajstić information content (AvgIpc) is 2.71. The summed E-state index contributed by atoms with van der Waals surface area (Å²) >= 11 is 0. The van der Waals surface area contributed by atoms with Crippen LogP contribution in [0.3, 0.4) is 0 Å². The van der Waals surface area contributed by atoms with E-state index >= 15 is 0 Å². The van der Waals surface area contributed by atoms with Crippen LogP contribution in [0.4, 0.5) is 0 Å². The number of aromatic carboxylic acids is 1. The van der Waals surface area contributed by atoms with E-state index in [0.717, 1.165) is 22.6 Å². The zero-order chi connectivity index (χ0) is 15.6. The van der Waals surface area contributed by atoms with E-state index in [1.165, 1.54) is 6.08 Å². The second-order valence-corrected chi connectivity index (χ2v) is 4.75. The van der Waals surface area contributed by atoms with Gasteiger partial charge in [0.05, 0.1) is 5.56 Å². The molecule has 5 heteroatoms. The molecule has 0 saturated heterocycles. The predicted molar refractivity (Wildman–Crippen MR) is 80.4 cm³/mol. The Kier molecular flexibility index (Phi) is 3.93. The molecule has 2 aromatic rings. The minimum atomic E-state index is -0.965. The van der Waals surface area contributed by atoms with Crippen LogP contribution in [-0.2, 0) is 4.79 Å². The first-order chi connectivity index (χ1) is 9.90. The van der Waals surface area contributed by atoms with E-state index in [0.29, 0.717) is 0 Å². The molecule has 21 heavy (non-hydrogen) atoms. The monoisotopic (exact) mass is 284 g/mol. The van der Waals surface area contributed by atoms with Crippen molar-refractivity contribution in [3.63, 3.8) is 0 Å². The van der Waals surface area contributed by atoms with Crippen molar-refractivity contribution in [3.05, 3.63) is 58.9 Å². The number of carbonyl (C=O) groups excluding carboxylic acids is 1. The largest absolute Gasteiger partial charge is 0.478 e. The molecule has 0 fully saturated rings. The van der Waals surface area contributed by atoms with Gasteiger partial charge in [0.1, 0.15) is 0 Å². The van der Waals surface area contributed by atoms with Gasteiger partial charge in [-0.3, -0.25) is 4.79 Å². The molecule has 1 amide bonds. The standard InChI is InChI=1S/C16H16N2O3/c1-10-8-12(6-7-15(17)19)11(2)18(10)14-5-3-4-13(9-14)16(20)21/h3-9H,1-2H3,(H2,17,19)(H,20,21)/b7-6+. The molecule has 0 radical (unpaired) electrons. The number of aryl methyl sites for hydroxylation is 1. The van der Waals surface area contributed by atoms with Crippen LogP contribution in [0, 0.1) is 13.8 Å². The fourth-order valence-electron chi connectivity index (χ4n) is 2.30. The van der Waals surface area contributed by atoms with Crippen LogP contribution >= 0.6 is 0 Å². The number of nitrogens with zero attached hydrogens (tertiary/aromatic N) is 1. The quantitative estimate of drug-likeness (QED) is 0.845. The van der Waals surface area contributed by atoms with Crippen molar-refractivity contribution in [2.75, 3.05) is 0 Å². The maximum Gasteiger partial charge on any atom is 0.335 e. The zero-order valence-electron chi connectivity index (χ0n) is 11.8. The van der Waals surface area contributed by atoms with Gasteiger partial charge in [0, 0.05) is 23.2 Å². The minimum Gasteiger partial charge on any atom is -0.478 e. The summed E-state index contributed by atoms with van der Waals surface area (Å²) < 4.78 is 1.94. The van der Waals surface area contributed by atoms with Crippen molar-refractivity contribution in [3.8, 4) is 5.69 Å². The maximum absolute atomic E-state index is 11.1. The average molecular weight is 284 g/mol. The molecular formula is C16H16N2O3. The number of hydrogen-bond donors (Lipinski definition) is 2. The number of primary amides is 1. The third-order valence-electron chi connectivity index (χ3n) is 3.25. The number of hydrogen-bond acceptors (Lipinski definition) is 2. The van der Waals surface area contributed by atoms with E-state index in [2.05, 4.69) is 0 Å². The lowest BCUT2D eigenvalue weighted by molar-refractivity contribution is -0.113. The van der Waals surface area contributed by atoms with Crippen LogP contribution in [-0.4, -0.2) is 21.6 Å². The molecule has 3 N–H and O–H groups in total. The Bertz CT molecular complexity index is 742. The first kappa shape index (κ1) is 14.6. The van der Waals surface area contributed by atoms with Gasteiger partial charge in [0.2, 0.25) is 5.91 Å². The SMILES string of the molecule is Cc1cc(/C=C/C(N)=O)c(C)n1-c1cccc(C(=O)O)c1. The summed E-state index contributed by atoms with van der Waals surface area (Å²) in [5, 5.41) is 9.07. The molecule has 0 bridgehead atoms. The molecule has 0 atom stereocenters. The Labute approximate surface area is 122 Å². The van der Waals surface area contributed by atoms with Gasteiger partial charge in [0.25, 0.3) is 0 Å². The van der Waals surface area contributed by atoms with E-state index in [9.17, 15) is 9.59 Å². The molecule has 1 aromatic carbocycles. The number of carboxylic acid groups (broad SMARTS) is 1. The second kappa shape index (κ2) is 5.66. The topological polar surface area (TPSA) is 85.3 Å². The molecule has 0 unspecified atom stereocenters. The van der Waals surface area contributed by atoms with Crippen LogP contribution in [0.2, 0.25) is 0 Å².